The van der Waals surface area contributed by atoms with E-state index >= 15 is 0 Å². The molecule has 0 fully saturated rings. The van der Waals surface area contributed by atoms with Crippen LogP contribution in [0.25, 0.3) is 0 Å². The molecule has 0 radical (unpaired) electrons. The Hall–Kier alpha value is -2.30. The van der Waals surface area contributed by atoms with Crippen LogP contribution < -0.4 is 0 Å². The average Bonchev–Trinajstić information content (AvgIpc) is 2.49. The van der Waals surface area contributed by atoms with Crippen LogP contribution in [0.5, 0.6) is 0 Å². The van der Waals surface area contributed by atoms with E-state index in [1.807, 2.05) is 30.3 Å². The Morgan fingerprint density at radius 2 is 1.62 bits per heavy atom. The molecule has 0 N–H and O–H groups in total. The molecule has 0 unspecified atom stereocenters. The summed E-state index contributed by atoms with van der Waals surface area (Å²) in [7, 11) is 0. The van der Waals surface area contributed by atoms with Gasteiger partial charge < -0.3 is 4.74 Å². The van der Waals surface area contributed by atoms with Crippen LogP contribution in [0.4, 0.5) is 13.2 Å². The molecule has 0 spiro atoms. The number of aryl methyl sites for hydroxylation is 1. The number of halogens is 3. The monoisotopic (exact) mass is 294 g/mol. The smallest absolute Gasteiger partial charge is 0.338 e. The lowest BCUT2D eigenvalue weighted by molar-refractivity contribution is 0.0499. The highest BCUT2D eigenvalue weighted by Gasteiger charge is 2.15. The van der Waals surface area contributed by atoms with Crippen LogP contribution in [0.3, 0.4) is 0 Å². The zero-order valence-electron chi connectivity index (χ0n) is 11.1. The van der Waals surface area contributed by atoms with Gasteiger partial charge >= 0.3 is 5.97 Å². The van der Waals surface area contributed by atoms with Crippen molar-refractivity contribution in [3.63, 3.8) is 0 Å². The Morgan fingerprint density at radius 3 is 2.24 bits per heavy atom. The molecule has 2 nitrogen and oxygen atoms in total. The summed E-state index contributed by atoms with van der Waals surface area (Å²) in [4.78, 5) is 11.6. The van der Waals surface area contributed by atoms with Gasteiger partial charge in [-0.25, -0.2) is 18.0 Å². The van der Waals surface area contributed by atoms with E-state index in [0.717, 1.165) is 12.0 Å². The van der Waals surface area contributed by atoms with E-state index in [4.69, 9.17) is 4.74 Å². The highest BCUT2D eigenvalue weighted by Crippen LogP contribution is 2.14. The van der Waals surface area contributed by atoms with Gasteiger partial charge in [0.15, 0.2) is 17.5 Å². The number of benzene rings is 2. The van der Waals surface area contributed by atoms with Gasteiger partial charge in [0, 0.05) is 0 Å². The number of carbonyl (C=O) groups is 1. The summed E-state index contributed by atoms with van der Waals surface area (Å²) in [6, 6.07) is 10.9. The number of rotatable bonds is 5. The molecule has 0 heterocycles. The van der Waals surface area contributed by atoms with Gasteiger partial charge in [0.1, 0.15) is 0 Å². The predicted octanol–water partition coefficient (Wildman–Crippen LogP) is 3.89. The summed E-state index contributed by atoms with van der Waals surface area (Å²) >= 11 is 0. The number of carbonyl (C=O) groups excluding carboxylic acids is 1. The summed E-state index contributed by atoms with van der Waals surface area (Å²) < 4.78 is 43.6. The van der Waals surface area contributed by atoms with E-state index in [9.17, 15) is 18.0 Å². The van der Waals surface area contributed by atoms with Crippen molar-refractivity contribution in [1.29, 1.82) is 0 Å². The molecule has 0 aromatic heterocycles. The minimum atomic E-state index is -1.60. The minimum Gasteiger partial charge on any atom is -0.462 e. The summed E-state index contributed by atoms with van der Waals surface area (Å²) in [5.74, 6) is -5.30. The minimum absolute atomic E-state index is 0.119. The molecule has 0 atom stereocenters. The standard InChI is InChI=1S/C16H13F3O2/c17-13-9-12(10-14(18)15(13)19)16(20)21-8-4-7-11-5-2-1-3-6-11/h1-3,5-6,9-10H,4,7-8H2. The maximum atomic E-state index is 13.0. The second-order valence-corrected chi connectivity index (χ2v) is 4.48. The Balaban J connectivity index is 1.85. The lowest BCUT2D eigenvalue weighted by Gasteiger charge is -2.06. The van der Waals surface area contributed by atoms with Gasteiger partial charge in [-0.3, -0.25) is 0 Å². The average molecular weight is 294 g/mol. The molecule has 0 aliphatic rings. The maximum Gasteiger partial charge on any atom is 0.338 e. The zero-order chi connectivity index (χ0) is 15.2. The van der Waals surface area contributed by atoms with E-state index in [1.54, 1.807) is 0 Å². The van der Waals surface area contributed by atoms with Crippen molar-refractivity contribution in [1.82, 2.24) is 0 Å². The van der Waals surface area contributed by atoms with Gasteiger partial charge in [-0.05, 0) is 30.5 Å². The van der Waals surface area contributed by atoms with E-state index in [-0.39, 0.29) is 12.2 Å². The first kappa shape index (κ1) is 15.1. The molecule has 0 aliphatic heterocycles. The van der Waals surface area contributed by atoms with Crippen molar-refractivity contribution < 1.29 is 22.7 Å². The first-order valence-electron chi connectivity index (χ1n) is 6.43. The second kappa shape index (κ2) is 6.92. The molecule has 2 rings (SSSR count). The van der Waals surface area contributed by atoms with Gasteiger partial charge in [-0.1, -0.05) is 30.3 Å². The van der Waals surface area contributed by atoms with Crippen LogP contribution in [0.1, 0.15) is 22.3 Å². The SMILES string of the molecule is O=C(OCCCc1ccccc1)c1cc(F)c(F)c(F)c1. The van der Waals surface area contributed by atoms with E-state index in [1.165, 1.54) is 0 Å². The van der Waals surface area contributed by atoms with Crippen molar-refractivity contribution in [2.45, 2.75) is 12.8 Å². The van der Waals surface area contributed by atoms with Gasteiger partial charge in [-0.15, -0.1) is 0 Å². The van der Waals surface area contributed by atoms with Crippen LogP contribution in [0.15, 0.2) is 42.5 Å². The van der Waals surface area contributed by atoms with Gasteiger partial charge in [0.25, 0.3) is 0 Å². The first-order chi connectivity index (χ1) is 10.1. The third kappa shape index (κ3) is 4.08. The fraction of sp³-hybridized carbons (Fsp3) is 0.188. The highest BCUT2D eigenvalue weighted by atomic mass is 19.2. The molecule has 0 saturated carbocycles. The van der Waals surface area contributed by atoms with Crippen LogP contribution in [-0.2, 0) is 11.2 Å². The number of hydrogen-bond acceptors (Lipinski definition) is 2. The molecule has 2 aromatic rings. The molecule has 0 aliphatic carbocycles. The summed E-state index contributed by atoms with van der Waals surface area (Å²) in [6.45, 7) is 0.119. The van der Waals surface area contributed by atoms with Crippen molar-refractivity contribution in [2.75, 3.05) is 6.61 Å². The molecular formula is C16H13F3O2. The van der Waals surface area contributed by atoms with Crippen molar-refractivity contribution in [2.24, 2.45) is 0 Å². The molecular weight excluding hydrogens is 281 g/mol. The van der Waals surface area contributed by atoms with E-state index in [0.29, 0.717) is 18.6 Å². The van der Waals surface area contributed by atoms with Crippen LogP contribution in [0.2, 0.25) is 0 Å². The largest absolute Gasteiger partial charge is 0.462 e. The van der Waals surface area contributed by atoms with Crippen LogP contribution >= 0.6 is 0 Å². The third-order valence-corrected chi connectivity index (χ3v) is 2.91. The van der Waals surface area contributed by atoms with E-state index < -0.39 is 23.4 Å². The number of esters is 1. The fourth-order valence-corrected chi connectivity index (χ4v) is 1.84. The van der Waals surface area contributed by atoms with Crippen molar-refractivity contribution in [3.05, 3.63) is 71.0 Å². The topological polar surface area (TPSA) is 26.3 Å². The Labute approximate surface area is 120 Å². The normalized spacial score (nSPS) is 10.4. The summed E-state index contributed by atoms with van der Waals surface area (Å²) in [5.41, 5.74) is 0.763. The Bertz CT molecular complexity index is 604. The summed E-state index contributed by atoms with van der Waals surface area (Å²) in [5, 5.41) is 0. The third-order valence-electron chi connectivity index (χ3n) is 2.91. The lowest BCUT2D eigenvalue weighted by Crippen LogP contribution is -2.09. The quantitative estimate of drug-likeness (QED) is 0.475. The maximum absolute atomic E-state index is 13.0. The molecule has 0 amide bonds. The van der Waals surface area contributed by atoms with Crippen LogP contribution in [0, 0.1) is 17.5 Å². The second-order valence-electron chi connectivity index (χ2n) is 4.48. The molecule has 0 saturated heterocycles. The van der Waals surface area contributed by atoms with Crippen molar-refractivity contribution >= 4 is 5.97 Å². The molecule has 2 aromatic carbocycles. The number of ether oxygens (including phenoxy) is 1. The first-order valence-corrected chi connectivity index (χ1v) is 6.43. The van der Waals surface area contributed by atoms with Crippen molar-refractivity contribution in [3.8, 4) is 0 Å². The van der Waals surface area contributed by atoms with Gasteiger partial charge in [0.05, 0.1) is 12.2 Å². The number of hydrogen-bond donors (Lipinski definition) is 0. The van der Waals surface area contributed by atoms with E-state index in [2.05, 4.69) is 0 Å². The molecule has 5 heteroatoms. The zero-order valence-corrected chi connectivity index (χ0v) is 11.1. The molecule has 21 heavy (non-hydrogen) atoms. The lowest BCUT2D eigenvalue weighted by atomic mass is 10.1. The van der Waals surface area contributed by atoms with Crippen LogP contribution in [-0.4, -0.2) is 12.6 Å². The Morgan fingerprint density at radius 1 is 1.00 bits per heavy atom. The highest BCUT2D eigenvalue weighted by molar-refractivity contribution is 5.89. The summed E-state index contributed by atoms with van der Waals surface area (Å²) in [6.07, 6.45) is 1.31. The fourth-order valence-electron chi connectivity index (χ4n) is 1.84. The molecule has 110 valence electrons. The predicted molar refractivity (Wildman–Crippen MR) is 71.4 cm³/mol. The van der Waals surface area contributed by atoms with Gasteiger partial charge in [0.2, 0.25) is 0 Å². The molecule has 0 bridgehead atoms. The Kier molecular flexibility index (Phi) is 4.98. The van der Waals surface area contributed by atoms with Gasteiger partial charge in [-0.2, -0.15) is 0 Å².